The fourth-order valence-electron chi connectivity index (χ4n) is 2.75. The lowest BCUT2D eigenvalue weighted by molar-refractivity contribution is -0.799. The van der Waals surface area contributed by atoms with Gasteiger partial charge in [0, 0.05) is 12.8 Å². The molecule has 0 radical (unpaired) electrons. The molecule has 2 rings (SSSR count). The van der Waals surface area contributed by atoms with Crippen molar-refractivity contribution in [3.63, 3.8) is 0 Å². The van der Waals surface area contributed by atoms with Gasteiger partial charge in [-0.05, 0) is 12.8 Å². The van der Waals surface area contributed by atoms with E-state index < -0.39 is 21.3 Å². The van der Waals surface area contributed by atoms with Crippen molar-refractivity contribution in [2.75, 3.05) is 13.2 Å². The van der Waals surface area contributed by atoms with E-state index in [9.17, 15) is 20.2 Å². The van der Waals surface area contributed by atoms with Crippen LogP contribution in [0.1, 0.15) is 38.5 Å². The number of ether oxygens (including phenoxy) is 2. The number of hydrogen-bond acceptors (Lipinski definition) is 6. The summed E-state index contributed by atoms with van der Waals surface area (Å²) in [6.45, 7) is 1.05. The highest BCUT2D eigenvalue weighted by atomic mass is 16.7. The number of rotatable bonds is 2. The summed E-state index contributed by atoms with van der Waals surface area (Å²) in [5.41, 5.74) is -2.03. The standard InChI is InChI=1S/C10H16N2O6/c13-11(14)9(12(15)16)3-1-5-10(6-2-4-9)17-7-8-18-10/h1-8H2. The van der Waals surface area contributed by atoms with Gasteiger partial charge in [0.15, 0.2) is 5.79 Å². The molecule has 1 spiro atoms. The molecule has 0 bridgehead atoms. The second-order valence-corrected chi connectivity index (χ2v) is 4.81. The first-order valence-corrected chi connectivity index (χ1v) is 6.08. The Hall–Kier alpha value is -1.28. The number of nitro groups is 2. The molecular formula is C10H16N2O6. The van der Waals surface area contributed by atoms with Gasteiger partial charge in [-0.1, -0.05) is 0 Å². The van der Waals surface area contributed by atoms with Gasteiger partial charge in [-0.15, -0.1) is 0 Å². The van der Waals surface area contributed by atoms with Crippen LogP contribution in [-0.4, -0.2) is 34.5 Å². The zero-order chi connectivity index (χ0) is 13.2. The maximum absolute atomic E-state index is 11.0. The second kappa shape index (κ2) is 4.77. The van der Waals surface area contributed by atoms with Crippen molar-refractivity contribution in [1.82, 2.24) is 0 Å². The lowest BCUT2D eigenvalue weighted by Gasteiger charge is -2.30. The number of hydrogen-bond donors (Lipinski definition) is 0. The van der Waals surface area contributed by atoms with Crippen LogP contribution in [-0.2, 0) is 9.47 Å². The predicted octanol–water partition coefficient (Wildman–Crippen LogP) is 1.33. The quantitative estimate of drug-likeness (QED) is 0.421. The van der Waals surface area contributed by atoms with Gasteiger partial charge >= 0.3 is 5.66 Å². The maximum Gasteiger partial charge on any atom is 0.458 e. The van der Waals surface area contributed by atoms with Gasteiger partial charge in [-0.25, -0.2) is 0 Å². The van der Waals surface area contributed by atoms with Gasteiger partial charge in [0.25, 0.3) is 0 Å². The minimum atomic E-state index is -2.03. The van der Waals surface area contributed by atoms with E-state index in [1.54, 1.807) is 0 Å². The van der Waals surface area contributed by atoms with Crippen LogP contribution in [0.5, 0.6) is 0 Å². The molecule has 0 aromatic heterocycles. The lowest BCUT2D eigenvalue weighted by atomic mass is 9.89. The molecule has 0 amide bonds. The number of nitrogens with zero attached hydrogens (tertiary/aromatic N) is 2. The van der Waals surface area contributed by atoms with E-state index in [1.807, 2.05) is 0 Å². The summed E-state index contributed by atoms with van der Waals surface area (Å²) in [5, 5.41) is 22.0. The smallest absolute Gasteiger partial charge is 0.348 e. The van der Waals surface area contributed by atoms with Gasteiger partial charge in [-0.3, -0.25) is 20.2 Å². The van der Waals surface area contributed by atoms with Gasteiger partial charge < -0.3 is 9.47 Å². The van der Waals surface area contributed by atoms with Crippen LogP contribution < -0.4 is 0 Å². The van der Waals surface area contributed by atoms with Crippen LogP contribution >= 0.6 is 0 Å². The summed E-state index contributed by atoms with van der Waals surface area (Å²) in [6.07, 6.45) is 1.56. The molecule has 18 heavy (non-hydrogen) atoms. The summed E-state index contributed by atoms with van der Waals surface area (Å²) in [6, 6.07) is 0. The van der Waals surface area contributed by atoms with Gasteiger partial charge in [0.05, 0.1) is 35.9 Å². The molecule has 1 saturated heterocycles. The zero-order valence-electron chi connectivity index (χ0n) is 10.0. The summed E-state index contributed by atoms with van der Waals surface area (Å²) in [5.74, 6) is -0.653. The summed E-state index contributed by atoms with van der Waals surface area (Å²) < 4.78 is 11.1. The van der Waals surface area contributed by atoms with E-state index in [0.29, 0.717) is 38.9 Å². The average Bonchev–Trinajstić information content (AvgIpc) is 2.72. The first kappa shape index (κ1) is 13.2. The maximum atomic E-state index is 11.0. The molecule has 2 fully saturated rings. The van der Waals surface area contributed by atoms with Crippen molar-refractivity contribution in [2.45, 2.75) is 50.0 Å². The highest BCUT2D eigenvalue weighted by Gasteiger charge is 2.56. The Labute approximate surface area is 104 Å². The van der Waals surface area contributed by atoms with Crippen LogP contribution in [0.25, 0.3) is 0 Å². The molecule has 8 nitrogen and oxygen atoms in total. The first-order chi connectivity index (χ1) is 8.51. The Kier molecular flexibility index (Phi) is 3.49. The normalized spacial score (nSPS) is 26.4. The fraction of sp³-hybridized carbons (Fsp3) is 1.00. The summed E-state index contributed by atoms with van der Waals surface area (Å²) in [4.78, 5) is 20.5. The zero-order valence-corrected chi connectivity index (χ0v) is 10.0. The fourth-order valence-corrected chi connectivity index (χ4v) is 2.75. The van der Waals surface area contributed by atoms with Gasteiger partial charge in [0.1, 0.15) is 0 Å². The molecule has 0 aromatic carbocycles. The van der Waals surface area contributed by atoms with Crippen LogP contribution in [0, 0.1) is 20.2 Å². The molecule has 1 heterocycles. The molecule has 1 saturated carbocycles. The highest BCUT2D eigenvalue weighted by molar-refractivity contribution is 4.81. The van der Waals surface area contributed by atoms with Crippen LogP contribution in [0.4, 0.5) is 0 Å². The SMILES string of the molecule is O=[N+]([O-])C1([N+](=O)[O-])CCCC2(CCC1)OCCO2. The molecule has 0 aromatic rings. The van der Waals surface area contributed by atoms with Crippen molar-refractivity contribution in [1.29, 1.82) is 0 Å². The molecule has 1 aliphatic carbocycles. The van der Waals surface area contributed by atoms with Crippen LogP contribution in [0.15, 0.2) is 0 Å². The van der Waals surface area contributed by atoms with E-state index in [-0.39, 0.29) is 12.8 Å². The van der Waals surface area contributed by atoms with E-state index in [2.05, 4.69) is 0 Å². The van der Waals surface area contributed by atoms with E-state index >= 15 is 0 Å². The third-order valence-corrected chi connectivity index (χ3v) is 3.76. The molecule has 0 unspecified atom stereocenters. The Morgan fingerprint density at radius 2 is 1.28 bits per heavy atom. The van der Waals surface area contributed by atoms with E-state index in [4.69, 9.17) is 9.47 Å². The topological polar surface area (TPSA) is 105 Å². The monoisotopic (exact) mass is 260 g/mol. The highest BCUT2D eigenvalue weighted by Crippen LogP contribution is 2.37. The first-order valence-electron chi connectivity index (χ1n) is 6.08. The average molecular weight is 260 g/mol. The van der Waals surface area contributed by atoms with Crippen molar-refractivity contribution in [3.8, 4) is 0 Å². The largest absolute Gasteiger partial charge is 0.458 e. The van der Waals surface area contributed by atoms with Gasteiger partial charge in [-0.2, -0.15) is 0 Å². The molecule has 0 N–H and O–H groups in total. The minimum Gasteiger partial charge on any atom is -0.348 e. The molecular weight excluding hydrogens is 244 g/mol. The Balaban J connectivity index is 2.08. The van der Waals surface area contributed by atoms with Crippen molar-refractivity contribution >= 4 is 0 Å². The second-order valence-electron chi connectivity index (χ2n) is 4.81. The van der Waals surface area contributed by atoms with Crippen molar-refractivity contribution < 1.29 is 19.3 Å². The summed E-state index contributed by atoms with van der Waals surface area (Å²) >= 11 is 0. The van der Waals surface area contributed by atoms with Crippen LogP contribution in [0.2, 0.25) is 0 Å². The Morgan fingerprint density at radius 3 is 1.67 bits per heavy atom. The van der Waals surface area contributed by atoms with Crippen molar-refractivity contribution in [2.24, 2.45) is 0 Å². The van der Waals surface area contributed by atoms with E-state index in [0.717, 1.165) is 0 Å². The van der Waals surface area contributed by atoms with Crippen LogP contribution in [0.3, 0.4) is 0 Å². The van der Waals surface area contributed by atoms with Crippen molar-refractivity contribution in [3.05, 3.63) is 20.2 Å². The molecule has 8 heteroatoms. The summed E-state index contributed by atoms with van der Waals surface area (Å²) in [7, 11) is 0. The molecule has 1 aliphatic heterocycles. The molecule has 0 atom stereocenters. The Morgan fingerprint density at radius 1 is 0.833 bits per heavy atom. The lowest BCUT2D eigenvalue weighted by Crippen LogP contribution is -2.48. The van der Waals surface area contributed by atoms with E-state index in [1.165, 1.54) is 0 Å². The van der Waals surface area contributed by atoms with Gasteiger partial charge in [0.2, 0.25) is 0 Å². The minimum absolute atomic E-state index is 0.0680. The Bertz CT molecular complexity index is 324. The third-order valence-electron chi connectivity index (χ3n) is 3.76. The molecule has 2 aliphatic rings. The predicted molar refractivity (Wildman–Crippen MR) is 59.1 cm³/mol. The molecule has 102 valence electrons. The third kappa shape index (κ3) is 2.17.